The van der Waals surface area contributed by atoms with Crippen molar-refractivity contribution < 1.29 is 9.90 Å². The minimum absolute atomic E-state index is 0.00523. The Labute approximate surface area is 115 Å². The maximum absolute atomic E-state index is 10.8. The van der Waals surface area contributed by atoms with E-state index in [0.29, 0.717) is 17.4 Å². The third-order valence-electron chi connectivity index (χ3n) is 3.57. The summed E-state index contributed by atoms with van der Waals surface area (Å²) in [5.74, 6) is 1.08. The number of fused-ring (bicyclic) bond motifs is 1. The van der Waals surface area contributed by atoms with E-state index < -0.39 is 5.97 Å². The Morgan fingerprint density at radius 1 is 1.32 bits per heavy atom. The summed E-state index contributed by atoms with van der Waals surface area (Å²) in [5, 5.41) is 22.5. The van der Waals surface area contributed by atoms with E-state index in [4.69, 9.17) is 5.11 Å². The van der Waals surface area contributed by atoms with Crippen LogP contribution in [-0.4, -0.2) is 37.4 Å². The van der Waals surface area contributed by atoms with Crippen LogP contribution >= 0.6 is 11.8 Å². The lowest BCUT2D eigenvalue weighted by Gasteiger charge is -2.21. The van der Waals surface area contributed by atoms with Crippen LogP contribution in [0.15, 0.2) is 10.3 Å². The first-order valence-corrected chi connectivity index (χ1v) is 7.59. The summed E-state index contributed by atoms with van der Waals surface area (Å²) in [7, 11) is 0. The summed E-state index contributed by atoms with van der Waals surface area (Å²) in [5.41, 5.74) is 0.682. The largest absolute Gasteiger partial charge is 0.481 e. The van der Waals surface area contributed by atoms with Gasteiger partial charge in [0.2, 0.25) is 5.16 Å². The molecule has 1 N–H and O–H groups in total. The van der Waals surface area contributed by atoms with Gasteiger partial charge in [-0.2, -0.15) is 9.78 Å². The van der Waals surface area contributed by atoms with Gasteiger partial charge in [0, 0.05) is 11.7 Å². The summed E-state index contributed by atoms with van der Waals surface area (Å²) >= 11 is 1.52. The predicted octanol–water partition coefficient (Wildman–Crippen LogP) is 2.11. The van der Waals surface area contributed by atoms with Crippen LogP contribution in [0.25, 0.3) is 0 Å². The molecule has 0 saturated heterocycles. The molecule has 1 aliphatic heterocycles. The molecule has 3 rings (SSSR count). The van der Waals surface area contributed by atoms with Crippen LogP contribution in [0.3, 0.4) is 0 Å². The summed E-state index contributed by atoms with van der Waals surface area (Å²) in [6.45, 7) is 0. The lowest BCUT2D eigenvalue weighted by molar-refractivity contribution is -0.135. The quantitative estimate of drug-likeness (QED) is 0.917. The second-order valence-electron chi connectivity index (χ2n) is 5.01. The number of nitrogens with zero attached hydrogens (tertiary/aromatic N) is 4. The van der Waals surface area contributed by atoms with E-state index in [1.54, 1.807) is 4.68 Å². The van der Waals surface area contributed by atoms with Gasteiger partial charge in [0.05, 0.1) is 12.1 Å². The molecule has 0 spiro atoms. The maximum atomic E-state index is 10.8. The second-order valence-corrected chi connectivity index (χ2v) is 5.96. The van der Waals surface area contributed by atoms with Crippen LogP contribution < -0.4 is 0 Å². The SMILES string of the molecule is O=C(O)CC1=Nn2c(nnc2C2CCCCC2)SC1. The fraction of sp³-hybridized carbons (Fsp3) is 0.667. The molecule has 1 aromatic rings. The molecule has 19 heavy (non-hydrogen) atoms. The van der Waals surface area contributed by atoms with Crippen LogP contribution in [0.5, 0.6) is 0 Å². The van der Waals surface area contributed by atoms with E-state index in [1.807, 2.05) is 0 Å². The molecule has 0 amide bonds. The van der Waals surface area contributed by atoms with Crippen molar-refractivity contribution in [3.63, 3.8) is 0 Å². The van der Waals surface area contributed by atoms with Gasteiger partial charge in [-0.05, 0) is 12.8 Å². The molecule has 1 fully saturated rings. The zero-order valence-electron chi connectivity index (χ0n) is 10.6. The summed E-state index contributed by atoms with van der Waals surface area (Å²) in [4.78, 5) is 10.8. The highest BCUT2D eigenvalue weighted by molar-refractivity contribution is 7.99. The highest BCUT2D eigenvalue weighted by Crippen LogP contribution is 2.34. The predicted molar refractivity (Wildman–Crippen MR) is 71.7 cm³/mol. The number of hydrogen-bond acceptors (Lipinski definition) is 5. The van der Waals surface area contributed by atoms with Crippen LogP contribution in [0.4, 0.5) is 0 Å². The number of thioether (sulfide) groups is 1. The van der Waals surface area contributed by atoms with Gasteiger partial charge in [-0.3, -0.25) is 4.79 Å². The van der Waals surface area contributed by atoms with Gasteiger partial charge in [-0.15, -0.1) is 10.2 Å². The first-order chi connectivity index (χ1) is 9.24. The molecule has 1 aliphatic carbocycles. The average Bonchev–Trinajstić information content (AvgIpc) is 2.82. The van der Waals surface area contributed by atoms with Crippen LogP contribution in [-0.2, 0) is 4.79 Å². The Hall–Kier alpha value is -1.37. The number of carboxylic acid groups (broad SMARTS) is 1. The molecule has 2 aliphatic rings. The van der Waals surface area contributed by atoms with Gasteiger partial charge in [0.15, 0.2) is 5.82 Å². The Bertz CT molecular complexity index is 520. The Kier molecular flexibility index (Phi) is 3.54. The van der Waals surface area contributed by atoms with Crippen LogP contribution in [0, 0.1) is 0 Å². The van der Waals surface area contributed by atoms with Gasteiger partial charge in [-0.25, -0.2) is 0 Å². The zero-order chi connectivity index (χ0) is 13.2. The summed E-state index contributed by atoms with van der Waals surface area (Å²) < 4.78 is 1.77. The fourth-order valence-electron chi connectivity index (χ4n) is 2.66. The van der Waals surface area contributed by atoms with Crippen LogP contribution in [0.2, 0.25) is 0 Å². The molecular weight excluding hydrogens is 264 g/mol. The Morgan fingerprint density at radius 2 is 2.11 bits per heavy atom. The first kappa shape index (κ1) is 12.7. The van der Waals surface area contributed by atoms with E-state index >= 15 is 0 Å². The minimum Gasteiger partial charge on any atom is -0.481 e. The minimum atomic E-state index is -0.838. The Morgan fingerprint density at radius 3 is 2.84 bits per heavy atom. The van der Waals surface area contributed by atoms with E-state index in [-0.39, 0.29) is 6.42 Å². The highest BCUT2D eigenvalue weighted by atomic mass is 32.2. The number of rotatable bonds is 3. The summed E-state index contributed by atoms with van der Waals surface area (Å²) in [6.07, 6.45) is 6.01. The highest BCUT2D eigenvalue weighted by Gasteiger charge is 2.26. The van der Waals surface area contributed by atoms with Gasteiger partial charge >= 0.3 is 5.97 Å². The molecule has 0 unspecified atom stereocenters. The van der Waals surface area contributed by atoms with E-state index in [9.17, 15) is 4.79 Å². The lowest BCUT2D eigenvalue weighted by Crippen LogP contribution is -2.18. The fourth-order valence-corrected chi connectivity index (χ4v) is 3.47. The zero-order valence-corrected chi connectivity index (χ0v) is 11.4. The van der Waals surface area contributed by atoms with Crippen molar-refractivity contribution in [1.82, 2.24) is 14.9 Å². The third kappa shape index (κ3) is 2.65. The molecule has 1 saturated carbocycles. The number of carboxylic acids is 1. The van der Waals surface area contributed by atoms with E-state index in [0.717, 1.165) is 23.8 Å². The lowest BCUT2D eigenvalue weighted by atomic mass is 9.89. The van der Waals surface area contributed by atoms with E-state index in [1.165, 1.54) is 31.0 Å². The van der Waals surface area contributed by atoms with Crippen molar-refractivity contribution >= 4 is 23.4 Å². The molecule has 102 valence electrons. The van der Waals surface area contributed by atoms with Crippen molar-refractivity contribution in [1.29, 1.82) is 0 Å². The average molecular weight is 280 g/mol. The molecule has 0 atom stereocenters. The number of aliphatic carboxylic acids is 1. The molecule has 0 aromatic carbocycles. The second kappa shape index (κ2) is 5.32. The van der Waals surface area contributed by atoms with Crippen molar-refractivity contribution in [3.8, 4) is 0 Å². The molecule has 7 heteroatoms. The van der Waals surface area contributed by atoms with Crippen molar-refractivity contribution in [2.75, 3.05) is 5.75 Å². The van der Waals surface area contributed by atoms with Crippen molar-refractivity contribution in [3.05, 3.63) is 5.82 Å². The normalized spacial score (nSPS) is 19.9. The molecule has 1 aromatic heterocycles. The van der Waals surface area contributed by atoms with Gasteiger partial charge in [-0.1, -0.05) is 31.0 Å². The molecule has 2 heterocycles. The van der Waals surface area contributed by atoms with Crippen molar-refractivity contribution in [2.24, 2.45) is 5.10 Å². The first-order valence-electron chi connectivity index (χ1n) is 6.60. The van der Waals surface area contributed by atoms with Gasteiger partial charge in [0.25, 0.3) is 0 Å². The number of hydrogen-bond donors (Lipinski definition) is 1. The Balaban J connectivity index is 1.87. The molecule has 0 radical (unpaired) electrons. The molecular formula is C12H16N4O2S. The van der Waals surface area contributed by atoms with Gasteiger partial charge in [0.1, 0.15) is 0 Å². The van der Waals surface area contributed by atoms with Crippen LogP contribution in [0.1, 0.15) is 50.3 Å². The topological polar surface area (TPSA) is 80.4 Å². The van der Waals surface area contributed by atoms with Crippen molar-refractivity contribution in [2.45, 2.75) is 49.6 Å². The standard InChI is InChI=1S/C12H16N4O2S/c17-10(18)6-9-7-19-12-14-13-11(16(12)15-9)8-4-2-1-3-5-8/h8H,1-7H2,(H,17,18). The summed E-state index contributed by atoms with van der Waals surface area (Å²) in [6, 6.07) is 0. The molecule has 6 nitrogen and oxygen atoms in total. The third-order valence-corrected chi connectivity index (χ3v) is 4.56. The molecule has 0 bridgehead atoms. The maximum Gasteiger partial charge on any atom is 0.309 e. The smallest absolute Gasteiger partial charge is 0.309 e. The van der Waals surface area contributed by atoms with E-state index in [2.05, 4.69) is 15.3 Å². The van der Waals surface area contributed by atoms with Gasteiger partial charge < -0.3 is 5.11 Å². The monoisotopic (exact) mass is 280 g/mol. The number of aromatic nitrogens is 3. The number of carbonyl (C=O) groups is 1.